The Kier molecular flexibility index (Phi) is 10.4. The van der Waals surface area contributed by atoms with E-state index < -0.39 is 15.1 Å². The molecule has 0 unspecified atom stereocenters. The summed E-state index contributed by atoms with van der Waals surface area (Å²) in [6, 6.07) is 32.1. The van der Waals surface area contributed by atoms with Gasteiger partial charge in [-0.1, -0.05) is 71.7 Å². The predicted molar refractivity (Wildman–Crippen MR) is 152 cm³/mol. The number of hydrogen-bond acceptors (Lipinski definition) is 2. The van der Waals surface area contributed by atoms with Crippen LogP contribution in [0, 0.1) is 0 Å². The molecular formula is C28H22Cl4N4Zn. The van der Waals surface area contributed by atoms with Crippen LogP contribution >= 0.6 is 42.6 Å². The minimum absolute atomic E-state index is 0.768. The van der Waals surface area contributed by atoms with E-state index in [2.05, 4.69) is 31.2 Å². The number of halogens is 4. The van der Waals surface area contributed by atoms with Gasteiger partial charge in [-0.05, 0) is 59.7 Å². The van der Waals surface area contributed by atoms with Crippen LogP contribution in [0.4, 0.5) is 0 Å². The molecule has 4 nitrogen and oxygen atoms in total. The summed E-state index contributed by atoms with van der Waals surface area (Å²) in [5, 5.41) is 1.54. The molecule has 6 rings (SSSR count). The van der Waals surface area contributed by atoms with E-state index in [0.717, 1.165) is 45.2 Å². The molecule has 9 heteroatoms. The molecule has 0 bridgehead atoms. The van der Waals surface area contributed by atoms with Crippen LogP contribution in [0.3, 0.4) is 0 Å². The Balaban J connectivity index is 0.000000157. The molecule has 0 aliphatic carbocycles. The molecule has 4 aromatic carbocycles. The van der Waals surface area contributed by atoms with Gasteiger partial charge in [0.15, 0.2) is 0 Å². The normalized spacial score (nSPS) is 10.3. The maximum atomic E-state index is 5.87. The van der Waals surface area contributed by atoms with Crippen molar-refractivity contribution in [3.8, 4) is 0 Å². The first-order valence-corrected chi connectivity index (χ1v) is 20.0. The summed E-state index contributed by atoms with van der Waals surface area (Å²) in [5.74, 6) is 0. The van der Waals surface area contributed by atoms with Crippen molar-refractivity contribution in [1.29, 1.82) is 0 Å². The van der Waals surface area contributed by atoms with E-state index in [4.69, 9.17) is 42.6 Å². The van der Waals surface area contributed by atoms with Crippen molar-refractivity contribution in [2.24, 2.45) is 0 Å². The Morgan fingerprint density at radius 1 is 0.541 bits per heavy atom. The summed E-state index contributed by atoms with van der Waals surface area (Å²) < 4.78 is 4.27. The molecule has 184 valence electrons. The zero-order valence-electron chi connectivity index (χ0n) is 19.8. The summed E-state index contributed by atoms with van der Waals surface area (Å²) in [6.45, 7) is 1.63. The number of nitrogens with zero attached hydrogens (tertiary/aromatic N) is 4. The molecule has 0 spiro atoms. The molecule has 0 fully saturated rings. The standard InChI is InChI=1S/2C14H11ClN2.2ClH.Zn/c2*15-12-7-5-11(6-8-12)9-17-10-16-13-3-1-2-4-14(13)17;;;/h2*1-8,10H,9H2;2*1H;/q;;;;+2/p-2. The molecule has 0 atom stereocenters. The van der Waals surface area contributed by atoms with Gasteiger partial charge in [0.1, 0.15) is 0 Å². The molecule has 2 aromatic heterocycles. The summed E-state index contributed by atoms with van der Waals surface area (Å²) in [6.07, 6.45) is 3.75. The maximum absolute atomic E-state index is 5.87. The number of para-hydroxylation sites is 4. The van der Waals surface area contributed by atoms with Crippen LogP contribution in [0.25, 0.3) is 22.1 Å². The molecule has 0 saturated heterocycles. The van der Waals surface area contributed by atoms with Gasteiger partial charge in [-0.15, -0.1) is 0 Å². The first-order valence-electron chi connectivity index (χ1n) is 11.5. The van der Waals surface area contributed by atoms with Gasteiger partial charge < -0.3 is 9.13 Å². The first-order chi connectivity index (χ1) is 18.1. The van der Waals surface area contributed by atoms with Crippen molar-refractivity contribution in [3.05, 3.63) is 131 Å². The van der Waals surface area contributed by atoms with E-state index >= 15 is 0 Å². The van der Waals surface area contributed by atoms with E-state index in [1.807, 2.05) is 97.6 Å². The van der Waals surface area contributed by atoms with Gasteiger partial charge in [0.2, 0.25) is 0 Å². The van der Waals surface area contributed by atoms with Gasteiger partial charge in [-0.25, -0.2) is 9.97 Å². The zero-order chi connectivity index (χ0) is 26.0. The third-order valence-electron chi connectivity index (χ3n) is 5.59. The zero-order valence-corrected chi connectivity index (χ0v) is 25.8. The molecule has 0 aliphatic rings. The second kappa shape index (κ2) is 13.9. The predicted octanol–water partition coefficient (Wildman–Crippen LogP) is 8.85. The van der Waals surface area contributed by atoms with E-state index in [-0.39, 0.29) is 0 Å². The molecule has 0 N–H and O–H groups in total. The molecule has 0 radical (unpaired) electrons. The number of imidazole rings is 2. The van der Waals surface area contributed by atoms with Crippen molar-refractivity contribution >= 4 is 64.7 Å². The van der Waals surface area contributed by atoms with Gasteiger partial charge >= 0.3 is 34.5 Å². The Morgan fingerprint density at radius 2 is 0.892 bits per heavy atom. The van der Waals surface area contributed by atoms with Crippen molar-refractivity contribution in [1.82, 2.24) is 19.1 Å². The summed E-state index contributed by atoms with van der Waals surface area (Å²) in [4.78, 5) is 8.74. The summed E-state index contributed by atoms with van der Waals surface area (Å²) in [7, 11) is 9.90. The third kappa shape index (κ3) is 7.80. The number of fused-ring (bicyclic) bond motifs is 2. The van der Waals surface area contributed by atoms with Crippen LogP contribution in [0.15, 0.2) is 110 Å². The average molecular weight is 622 g/mol. The molecule has 2 heterocycles. The van der Waals surface area contributed by atoms with Crippen molar-refractivity contribution in [2.75, 3.05) is 0 Å². The summed E-state index contributed by atoms with van der Waals surface area (Å²) >= 11 is 10.8. The first kappa shape index (κ1) is 27.6. The Morgan fingerprint density at radius 3 is 1.27 bits per heavy atom. The van der Waals surface area contributed by atoms with Gasteiger partial charge in [0, 0.05) is 23.1 Å². The third-order valence-corrected chi connectivity index (χ3v) is 6.09. The molecule has 6 aromatic rings. The molecule has 0 aliphatic heterocycles. The van der Waals surface area contributed by atoms with E-state index in [0.29, 0.717) is 0 Å². The molecule has 0 saturated carbocycles. The monoisotopic (exact) mass is 618 g/mol. The Labute approximate surface area is 241 Å². The fraction of sp³-hybridized carbons (Fsp3) is 0.0714. The van der Waals surface area contributed by atoms with Crippen LogP contribution in [0.2, 0.25) is 10.0 Å². The van der Waals surface area contributed by atoms with Crippen molar-refractivity contribution in [3.63, 3.8) is 0 Å². The fourth-order valence-electron chi connectivity index (χ4n) is 3.85. The number of rotatable bonds is 4. The van der Waals surface area contributed by atoms with E-state index in [1.165, 1.54) is 11.1 Å². The van der Waals surface area contributed by atoms with Gasteiger partial charge in [0.05, 0.1) is 34.7 Å². The van der Waals surface area contributed by atoms with E-state index in [1.54, 1.807) is 0 Å². The second-order valence-electron chi connectivity index (χ2n) is 8.08. The van der Waals surface area contributed by atoms with Gasteiger partial charge in [-0.3, -0.25) is 0 Å². The van der Waals surface area contributed by atoms with Gasteiger partial charge in [-0.2, -0.15) is 0 Å². The minimum atomic E-state index is -0.931. The topological polar surface area (TPSA) is 35.6 Å². The number of hydrogen-bond donors (Lipinski definition) is 0. The van der Waals surface area contributed by atoms with E-state index in [9.17, 15) is 0 Å². The van der Waals surface area contributed by atoms with Crippen LogP contribution in [0.1, 0.15) is 11.1 Å². The van der Waals surface area contributed by atoms with Gasteiger partial charge in [0.25, 0.3) is 0 Å². The molecule has 37 heavy (non-hydrogen) atoms. The SMILES string of the molecule is Clc1ccc(Cn2cnc3ccccc32)cc1.Clc1ccc(Cn2cnc3ccccc32)cc1.[Cl][Zn][Cl]. The Bertz CT molecular complexity index is 1430. The van der Waals surface area contributed by atoms with Crippen molar-refractivity contribution in [2.45, 2.75) is 13.1 Å². The average Bonchev–Trinajstić information content (AvgIpc) is 3.52. The number of benzene rings is 4. The van der Waals surface area contributed by atoms with Crippen LogP contribution < -0.4 is 0 Å². The molecule has 0 amide bonds. The fourth-order valence-corrected chi connectivity index (χ4v) is 4.10. The quantitative estimate of drug-likeness (QED) is 0.184. The van der Waals surface area contributed by atoms with Crippen LogP contribution in [0.5, 0.6) is 0 Å². The second-order valence-corrected chi connectivity index (χ2v) is 13.6. The van der Waals surface area contributed by atoms with Crippen LogP contribution in [-0.4, -0.2) is 19.1 Å². The van der Waals surface area contributed by atoms with Crippen LogP contribution in [-0.2, 0) is 28.2 Å². The number of aromatic nitrogens is 4. The Hall–Kier alpha value is -2.40. The van der Waals surface area contributed by atoms with Crippen molar-refractivity contribution < 1.29 is 15.1 Å². The molecular weight excluding hydrogens is 600 g/mol. The summed E-state index contributed by atoms with van der Waals surface area (Å²) in [5.41, 5.74) is 6.81.